The zero-order chi connectivity index (χ0) is 10.4. The predicted octanol–water partition coefficient (Wildman–Crippen LogP) is 1.20. The molecule has 1 aliphatic rings. The van der Waals surface area contributed by atoms with Crippen LogP contribution < -0.4 is 11.1 Å². The van der Waals surface area contributed by atoms with E-state index < -0.39 is 0 Å². The first kappa shape index (κ1) is 11.2. The maximum atomic E-state index is 11.3. The number of nitrogens with one attached hydrogen (secondary N) is 1. The Hall–Kier alpha value is -0.830. The number of carbonyl (C=O) groups excluding carboxylic acids is 1. The minimum absolute atomic E-state index is 0.00463. The van der Waals surface area contributed by atoms with Crippen LogP contribution in [0.25, 0.3) is 0 Å². The fourth-order valence-corrected chi connectivity index (χ4v) is 1.83. The molecule has 0 unspecified atom stereocenters. The van der Waals surface area contributed by atoms with Gasteiger partial charge < -0.3 is 11.1 Å². The Bertz CT molecular complexity index is 205. The van der Waals surface area contributed by atoms with Crippen LogP contribution in [0.1, 0.15) is 32.6 Å². The van der Waals surface area contributed by atoms with Crippen molar-refractivity contribution >= 4 is 5.91 Å². The highest BCUT2D eigenvalue weighted by atomic mass is 16.1. The third-order valence-corrected chi connectivity index (χ3v) is 2.77. The quantitative estimate of drug-likeness (QED) is 0.666. The molecule has 0 saturated heterocycles. The molecule has 0 spiro atoms. The Balaban J connectivity index is 2.24. The second-order valence-corrected chi connectivity index (χ2v) is 4.10. The zero-order valence-electron chi connectivity index (χ0n) is 8.83. The summed E-state index contributed by atoms with van der Waals surface area (Å²) in [4.78, 5) is 11.3. The summed E-state index contributed by atoms with van der Waals surface area (Å²) in [6, 6.07) is 0.376. The minimum atomic E-state index is -0.00463. The molecule has 14 heavy (non-hydrogen) atoms. The Morgan fingerprint density at radius 3 is 2.64 bits per heavy atom. The fraction of sp³-hybridized carbons (Fsp3) is 0.727. The Kier molecular flexibility index (Phi) is 4.66. The van der Waals surface area contributed by atoms with Crippen molar-refractivity contribution in [3.63, 3.8) is 0 Å². The number of hydrogen-bond donors (Lipinski definition) is 2. The van der Waals surface area contributed by atoms with Gasteiger partial charge >= 0.3 is 0 Å². The monoisotopic (exact) mass is 196 g/mol. The van der Waals surface area contributed by atoms with Crippen molar-refractivity contribution in [2.45, 2.75) is 38.6 Å². The molecular formula is C11H20N2O. The van der Waals surface area contributed by atoms with Crippen LogP contribution in [0.15, 0.2) is 12.2 Å². The van der Waals surface area contributed by atoms with Crippen LogP contribution >= 0.6 is 0 Å². The second kappa shape index (κ2) is 5.81. The average Bonchev–Trinajstić information content (AvgIpc) is 2.18. The number of carbonyl (C=O) groups is 1. The van der Waals surface area contributed by atoms with Gasteiger partial charge in [-0.1, -0.05) is 13.0 Å². The summed E-state index contributed by atoms with van der Waals surface area (Å²) in [5.74, 6) is 0.817. The predicted molar refractivity (Wildman–Crippen MR) is 57.8 cm³/mol. The van der Waals surface area contributed by atoms with Crippen molar-refractivity contribution in [1.82, 2.24) is 5.32 Å². The summed E-state index contributed by atoms with van der Waals surface area (Å²) in [5.41, 5.74) is 5.26. The largest absolute Gasteiger partial charge is 0.350 e. The molecule has 0 radical (unpaired) electrons. The molecule has 0 aromatic heterocycles. The van der Waals surface area contributed by atoms with E-state index >= 15 is 0 Å². The summed E-state index contributed by atoms with van der Waals surface area (Å²) >= 11 is 0. The van der Waals surface area contributed by atoms with E-state index in [1.807, 2.05) is 0 Å². The van der Waals surface area contributed by atoms with Crippen LogP contribution in [-0.4, -0.2) is 18.5 Å². The molecule has 1 rings (SSSR count). The van der Waals surface area contributed by atoms with Crippen molar-refractivity contribution in [2.75, 3.05) is 6.54 Å². The number of nitrogens with two attached hydrogens (primary N) is 1. The summed E-state index contributed by atoms with van der Waals surface area (Å²) < 4.78 is 0. The van der Waals surface area contributed by atoms with E-state index in [4.69, 9.17) is 5.73 Å². The normalized spacial score (nSPS) is 27.9. The van der Waals surface area contributed by atoms with Gasteiger partial charge in [0.2, 0.25) is 5.91 Å². The number of hydrogen-bond acceptors (Lipinski definition) is 2. The van der Waals surface area contributed by atoms with E-state index in [1.165, 1.54) is 18.9 Å². The molecule has 0 aromatic carbocycles. The van der Waals surface area contributed by atoms with Crippen LogP contribution in [-0.2, 0) is 4.79 Å². The molecule has 3 N–H and O–H groups in total. The molecule has 0 aromatic rings. The lowest BCUT2D eigenvalue weighted by atomic mass is 9.87. The number of amides is 1. The lowest BCUT2D eigenvalue weighted by molar-refractivity contribution is -0.117. The molecule has 80 valence electrons. The zero-order valence-corrected chi connectivity index (χ0v) is 8.83. The molecule has 0 bridgehead atoms. The average molecular weight is 196 g/mol. The maximum absolute atomic E-state index is 11.3. The Morgan fingerprint density at radius 1 is 1.43 bits per heavy atom. The fourth-order valence-electron chi connectivity index (χ4n) is 1.83. The van der Waals surface area contributed by atoms with Gasteiger partial charge in [-0.15, -0.1) is 0 Å². The summed E-state index contributed by atoms with van der Waals surface area (Å²) in [6.45, 7) is 2.70. The first-order chi connectivity index (χ1) is 6.72. The molecule has 3 heteroatoms. The van der Waals surface area contributed by atoms with E-state index in [0.29, 0.717) is 12.6 Å². The lowest BCUT2D eigenvalue weighted by Gasteiger charge is -2.26. The van der Waals surface area contributed by atoms with Gasteiger partial charge in [0.05, 0.1) is 0 Å². The summed E-state index contributed by atoms with van der Waals surface area (Å²) in [7, 11) is 0. The van der Waals surface area contributed by atoms with Crippen molar-refractivity contribution < 1.29 is 4.79 Å². The van der Waals surface area contributed by atoms with Crippen LogP contribution in [0.5, 0.6) is 0 Å². The highest BCUT2D eigenvalue weighted by Crippen LogP contribution is 2.23. The van der Waals surface area contributed by atoms with E-state index in [9.17, 15) is 4.79 Å². The molecule has 1 saturated carbocycles. The van der Waals surface area contributed by atoms with Gasteiger partial charge in [-0.3, -0.25) is 4.79 Å². The van der Waals surface area contributed by atoms with Gasteiger partial charge in [0.1, 0.15) is 0 Å². The second-order valence-electron chi connectivity index (χ2n) is 4.10. The Morgan fingerprint density at radius 2 is 2.07 bits per heavy atom. The third kappa shape index (κ3) is 3.92. The Labute approximate surface area is 85.7 Å². The maximum Gasteiger partial charge on any atom is 0.243 e. The van der Waals surface area contributed by atoms with Gasteiger partial charge in [-0.2, -0.15) is 0 Å². The van der Waals surface area contributed by atoms with Gasteiger partial charge in [0, 0.05) is 18.7 Å². The first-order valence-corrected chi connectivity index (χ1v) is 5.39. The third-order valence-electron chi connectivity index (χ3n) is 2.77. The molecule has 0 heterocycles. The van der Waals surface area contributed by atoms with Gasteiger partial charge in [-0.25, -0.2) is 0 Å². The highest BCUT2D eigenvalue weighted by Gasteiger charge is 2.18. The standard InChI is InChI=1S/C11H20N2O/c1-9-4-6-10(7-5-9)13-11(14)3-2-8-12/h2-3,9-10H,4-8,12H2,1H3,(H,13,14)/b3-2+. The lowest BCUT2D eigenvalue weighted by Crippen LogP contribution is -2.36. The first-order valence-electron chi connectivity index (χ1n) is 5.39. The molecule has 0 atom stereocenters. The van der Waals surface area contributed by atoms with Crippen LogP contribution in [0.3, 0.4) is 0 Å². The highest BCUT2D eigenvalue weighted by molar-refractivity contribution is 5.87. The van der Waals surface area contributed by atoms with E-state index in [-0.39, 0.29) is 5.91 Å². The molecule has 0 aliphatic heterocycles. The smallest absolute Gasteiger partial charge is 0.243 e. The molecule has 1 fully saturated rings. The molecular weight excluding hydrogens is 176 g/mol. The minimum Gasteiger partial charge on any atom is -0.350 e. The van der Waals surface area contributed by atoms with Gasteiger partial charge in [-0.05, 0) is 31.6 Å². The van der Waals surface area contributed by atoms with Gasteiger partial charge in [0.15, 0.2) is 0 Å². The molecule has 1 amide bonds. The van der Waals surface area contributed by atoms with Crippen molar-refractivity contribution in [3.8, 4) is 0 Å². The molecule has 3 nitrogen and oxygen atoms in total. The van der Waals surface area contributed by atoms with Gasteiger partial charge in [0.25, 0.3) is 0 Å². The summed E-state index contributed by atoms with van der Waals surface area (Å²) in [5, 5.41) is 2.99. The topological polar surface area (TPSA) is 55.1 Å². The van der Waals surface area contributed by atoms with E-state index in [2.05, 4.69) is 12.2 Å². The van der Waals surface area contributed by atoms with E-state index in [0.717, 1.165) is 18.8 Å². The molecule has 1 aliphatic carbocycles. The SMILES string of the molecule is CC1CCC(NC(=O)/C=C/CN)CC1. The summed E-state index contributed by atoms with van der Waals surface area (Å²) in [6.07, 6.45) is 7.89. The number of rotatable bonds is 3. The van der Waals surface area contributed by atoms with Crippen LogP contribution in [0.2, 0.25) is 0 Å². The van der Waals surface area contributed by atoms with Crippen molar-refractivity contribution in [1.29, 1.82) is 0 Å². The van der Waals surface area contributed by atoms with Crippen molar-refractivity contribution in [2.24, 2.45) is 11.7 Å². The van der Waals surface area contributed by atoms with Crippen LogP contribution in [0, 0.1) is 5.92 Å². The van der Waals surface area contributed by atoms with Crippen LogP contribution in [0.4, 0.5) is 0 Å². The van der Waals surface area contributed by atoms with Crippen molar-refractivity contribution in [3.05, 3.63) is 12.2 Å². The van der Waals surface area contributed by atoms with E-state index in [1.54, 1.807) is 6.08 Å².